The second kappa shape index (κ2) is 9.02. The smallest absolute Gasteiger partial charge is 0.415 e. The molecule has 0 atom stereocenters. The molecule has 4 rings (SSSR count). The van der Waals surface area contributed by atoms with Gasteiger partial charge in [0.2, 0.25) is 5.88 Å². The molecule has 3 aromatic rings. The van der Waals surface area contributed by atoms with Crippen LogP contribution in [0.4, 0.5) is 14.9 Å². The van der Waals surface area contributed by atoms with Gasteiger partial charge < -0.3 is 14.2 Å². The number of hydrogen-bond acceptors (Lipinski definition) is 7. The van der Waals surface area contributed by atoms with Crippen molar-refractivity contribution in [2.24, 2.45) is 0 Å². The van der Waals surface area contributed by atoms with Crippen LogP contribution in [0.3, 0.4) is 0 Å². The minimum absolute atomic E-state index is 0.0933. The Bertz CT molecular complexity index is 1050. The molecule has 1 aromatic heterocycles. The molecular weight excluding hydrogens is 407 g/mol. The van der Waals surface area contributed by atoms with Gasteiger partial charge >= 0.3 is 6.09 Å². The molecule has 2 N–H and O–H groups in total. The van der Waals surface area contributed by atoms with E-state index >= 15 is 0 Å². The summed E-state index contributed by atoms with van der Waals surface area (Å²) in [7, 11) is 1.73. The van der Waals surface area contributed by atoms with Crippen LogP contribution in [-0.2, 0) is 13.1 Å². The van der Waals surface area contributed by atoms with Crippen molar-refractivity contribution in [3.05, 3.63) is 77.7 Å². The minimum atomic E-state index is -0.542. The zero-order valence-electron chi connectivity index (χ0n) is 16.1. The van der Waals surface area contributed by atoms with Gasteiger partial charge in [0.15, 0.2) is 5.82 Å². The van der Waals surface area contributed by atoms with Crippen LogP contribution in [-0.4, -0.2) is 23.0 Å². The zero-order valence-corrected chi connectivity index (χ0v) is 16.9. The first-order chi connectivity index (χ1) is 14.6. The molecule has 0 unspecified atom stereocenters. The maximum absolute atomic E-state index is 14.7. The van der Waals surface area contributed by atoms with Gasteiger partial charge in [0.05, 0.1) is 18.8 Å². The molecule has 0 radical (unpaired) electrons. The molecule has 1 aliphatic rings. The average molecular weight is 426 g/mol. The number of anilines is 1. The van der Waals surface area contributed by atoms with Gasteiger partial charge in [0.1, 0.15) is 11.5 Å². The quantitative estimate of drug-likeness (QED) is 0.530. The lowest BCUT2D eigenvalue weighted by molar-refractivity contribution is 0.134. The molecule has 2 aromatic carbocycles. The van der Waals surface area contributed by atoms with Crippen molar-refractivity contribution in [3.63, 3.8) is 0 Å². The predicted octanol–water partition coefficient (Wildman–Crippen LogP) is 4.72. The summed E-state index contributed by atoms with van der Waals surface area (Å²) in [6.07, 6.45) is 1.09. The molecule has 7 nitrogen and oxygen atoms in total. The highest BCUT2D eigenvalue weighted by Crippen LogP contribution is 2.33. The topological polar surface area (TPSA) is 75.7 Å². The summed E-state index contributed by atoms with van der Waals surface area (Å²) in [6.45, 7) is 0.399. The summed E-state index contributed by atoms with van der Waals surface area (Å²) in [5.41, 5.74) is 1.55. The molecule has 9 heteroatoms. The first-order valence-corrected chi connectivity index (χ1v) is 10.0. The largest absolute Gasteiger partial charge is 0.439 e. The van der Waals surface area contributed by atoms with Gasteiger partial charge in [0, 0.05) is 41.6 Å². The number of rotatable bonds is 7. The molecular formula is C21H19FN4O3S. The monoisotopic (exact) mass is 426 g/mol. The number of fused-ring (bicyclic) bond motifs is 1. The first kappa shape index (κ1) is 20.0. The van der Waals surface area contributed by atoms with Crippen LogP contribution in [0.1, 0.15) is 11.1 Å². The number of carbonyl (C=O) groups is 1. The molecule has 1 amide bonds. The van der Waals surface area contributed by atoms with E-state index in [1.165, 1.54) is 4.90 Å². The van der Waals surface area contributed by atoms with Crippen LogP contribution >= 0.6 is 12.1 Å². The highest BCUT2D eigenvalue weighted by Gasteiger charge is 2.26. The second-order valence-corrected chi connectivity index (χ2v) is 7.27. The molecule has 1 aliphatic heterocycles. The third kappa shape index (κ3) is 4.47. The van der Waals surface area contributed by atoms with Crippen LogP contribution in [0.5, 0.6) is 17.4 Å². The van der Waals surface area contributed by atoms with Crippen LogP contribution in [0.2, 0.25) is 0 Å². The van der Waals surface area contributed by atoms with Crippen LogP contribution in [0, 0.1) is 5.82 Å². The highest BCUT2D eigenvalue weighted by molar-refractivity contribution is 7.98. The van der Waals surface area contributed by atoms with E-state index in [4.69, 9.17) is 9.47 Å². The minimum Gasteiger partial charge on any atom is -0.439 e. The number of nitrogens with one attached hydrogen (secondary N) is 2. The highest BCUT2D eigenvalue weighted by atomic mass is 32.2. The molecule has 30 heavy (non-hydrogen) atoms. The Balaban J connectivity index is 1.48. The number of nitrogens with zero attached hydrogens (tertiary/aromatic N) is 2. The number of halogens is 1. The van der Waals surface area contributed by atoms with Crippen molar-refractivity contribution in [2.75, 3.05) is 11.8 Å². The van der Waals surface area contributed by atoms with Crippen LogP contribution in [0.15, 0.2) is 60.8 Å². The number of carbonyl (C=O) groups excluding carboxylic acids is 1. The van der Waals surface area contributed by atoms with E-state index in [-0.39, 0.29) is 6.54 Å². The van der Waals surface area contributed by atoms with Gasteiger partial charge in [-0.05, 0) is 31.3 Å². The third-order valence-electron chi connectivity index (χ3n) is 4.42. The van der Waals surface area contributed by atoms with Gasteiger partial charge in [-0.3, -0.25) is 4.90 Å². The Morgan fingerprint density at radius 3 is 2.93 bits per heavy atom. The molecule has 2 heterocycles. The fourth-order valence-electron chi connectivity index (χ4n) is 2.99. The molecule has 154 valence electrons. The number of amides is 1. The van der Waals surface area contributed by atoms with Gasteiger partial charge in [0.25, 0.3) is 0 Å². The first-order valence-electron chi connectivity index (χ1n) is 9.18. The maximum atomic E-state index is 14.7. The van der Waals surface area contributed by atoms with E-state index in [1.807, 2.05) is 12.1 Å². The molecule has 0 saturated heterocycles. The van der Waals surface area contributed by atoms with Crippen molar-refractivity contribution in [1.82, 2.24) is 14.6 Å². The molecule has 0 spiro atoms. The van der Waals surface area contributed by atoms with E-state index in [9.17, 15) is 9.18 Å². The normalized spacial score (nSPS) is 12.9. The van der Waals surface area contributed by atoms with Crippen molar-refractivity contribution >= 4 is 23.9 Å². The Morgan fingerprint density at radius 2 is 2.13 bits per heavy atom. The number of aromatic nitrogens is 1. The fourth-order valence-corrected chi connectivity index (χ4v) is 3.36. The van der Waals surface area contributed by atoms with Gasteiger partial charge in [-0.15, -0.1) is 0 Å². The van der Waals surface area contributed by atoms with Crippen molar-refractivity contribution in [3.8, 4) is 17.4 Å². The van der Waals surface area contributed by atoms with Gasteiger partial charge in [-0.2, -0.15) is 0 Å². The SMILES string of the molecule is CNSNc1cccc(CN2Cc3ccc(Oc4ccccn4)cc3OC2=O)c1F. The van der Waals surface area contributed by atoms with Crippen molar-refractivity contribution < 1.29 is 18.7 Å². The second-order valence-electron chi connectivity index (χ2n) is 6.45. The average Bonchev–Trinajstić information content (AvgIpc) is 2.75. The summed E-state index contributed by atoms with van der Waals surface area (Å²) < 4.78 is 31.6. The standard InChI is InChI=1S/C21H19FN4O3S/c1-23-30-25-17-6-4-5-15(20(17)22)13-26-12-14-8-9-16(11-18(14)29-21(26)27)28-19-7-2-3-10-24-19/h2-11,23,25H,12-13H2,1H3. The predicted molar refractivity (Wildman–Crippen MR) is 113 cm³/mol. The lowest BCUT2D eigenvalue weighted by Gasteiger charge is -2.28. The summed E-state index contributed by atoms with van der Waals surface area (Å²) in [5, 5.41) is 0. The Labute approximate surface area is 177 Å². The molecule has 0 fully saturated rings. The van der Waals surface area contributed by atoms with Gasteiger partial charge in [-0.25, -0.2) is 18.9 Å². The van der Waals surface area contributed by atoms with Gasteiger partial charge in [-0.1, -0.05) is 18.2 Å². The number of ether oxygens (including phenoxy) is 2. The lowest BCUT2D eigenvalue weighted by Crippen LogP contribution is -2.36. The van der Waals surface area contributed by atoms with E-state index in [0.717, 1.165) is 17.7 Å². The Morgan fingerprint density at radius 1 is 1.23 bits per heavy atom. The zero-order chi connectivity index (χ0) is 20.9. The molecule has 0 saturated carbocycles. The maximum Gasteiger partial charge on any atom is 0.415 e. The number of hydrogen-bond donors (Lipinski definition) is 2. The summed E-state index contributed by atoms with van der Waals surface area (Å²) in [6, 6.07) is 15.6. The summed E-state index contributed by atoms with van der Waals surface area (Å²) >= 11 is 1.16. The lowest BCUT2D eigenvalue weighted by atomic mass is 10.1. The Hall–Kier alpha value is -3.30. The molecule has 0 bridgehead atoms. The molecule has 0 aliphatic carbocycles. The van der Waals surface area contributed by atoms with E-state index < -0.39 is 11.9 Å². The number of benzene rings is 2. The Kier molecular flexibility index (Phi) is 6.01. The van der Waals surface area contributed by atoms with E-state index in [1.54, 1.807) is 55.7 Å². The van der Waals surface area contributed by atoms with Crippen LogP contribution in [0.25, 0.3) is 0 Å². The fraction of sp³-hybridized carbons (Fsp3) is 0.143. The summed E-state index contributed by atoms with van der Waals surface area (Å²) in [5.74, 6) is 0.978. The van der Waals surface area contributed by atoms with E-state index in [0.29, 0.717) is 35.2 Å². The van der Waals surface area contributed by atoms with Crippen molar-refractivity contribution in [2.45, 2.75) is 13.1 Å². The third-order valence-corrected chi connectivity index (χ3v) is 4.94. The van der Waals surface area contributed by atoms with Crippen LogP contribution < -0.4 is 18.9 Å². The van der Waals surface area contributed by atoms with E-state index in [2.05, 4.69) is 14.4 Å². The summed E-state index contributed by atoms with van der Waals surface area (Å²) in [4.78, 5) is 18.1. The number of pyridine rings is 1. The van der Waals surface area contributed by atoms with Crippen molar-refractivity contribution in [1.29, 1.82) is 0 Å².